The van der Waals surface area contributed by atoms with E-state index in [1.807, 2.05) is 49.4 Å². The molecule has 0 amide bonds. The first-order valence-electron chi connectivity index (χ1n) is 12.8. The topological polar surface area (TPSA) is 112 Å². The molecule has 0 fully saturated rings. The van der Waals surface area contributed by atoms with Crippen LogP contribution < -0.4 is 9.62 Å². The van der Waals surface area contributed by atoms with Gasteiger partial charge in [-0.15, -0.1) is 0 Å². The Morgan fingerprint density at radius 3 is 2.33 bits per heavy atom. The minimum atomic E-state index is -5.54. The van der Waals surface area contributed by atoms with E-state index in [1.54, 1.807) is 10.6 Å². The standard InChI is InChI=1S/C29H29BrF3N3O5S/c1-18(34-16-27(37)21-4-3-5-23(30)14-21)12-20-8-11-25-22(13-20)15-26(28(38)39)36(25)17-19-6-9-24(10-7-19)35(2)42(40,41)29(31,32)33/h3-11,13-15,18,27,34,37H,12,16-17H2,1-2H3,(H,38,39). The third-order valence-electron chi connectivity index (χ3n) is 6.91. The van der Waals surface area contributed by atoms with Crippen molar-refractivity contribution < 1.29 is 36.6 Å². The van der Waals surface area contributed by atoms with Crippen LogP contribution >= 0.6 is 15.9 Å². The number of nitrogens with zero attached hydrogens (tertiary/aromatic N) is 2. The molecular weight excluding hydrogens is 639 g/mol. The lowest BCUT2D eigenvalue weighted by molar-refractivity contribution is -0.0437. The van der Waals surface area contributed by atoms with E-state index in [4.69, 9.17) is 0 Å². The van der Waals surface area contributed by atoms with Crippen molar-refractivity contribution in [3.05, 3.63) is 99.7 Å². The molecule has 13 heteroatoms. The smallest absolute Gasteiger partial charge is 0.477 e. The number of carboxylic acid groups (broad SMARTS) is 1. The van der Waals surface area contributed by atoms with E-state index in [9.17, 15) is 36.6 Å². The summed E-state index contributed by atoms with van der Waals surface area (Å²) in [7, 11) is -4.72. The van der Waals surface area contributed by atoms with Crippen LogP contribution in [0.3, 0.4) is 0 Å². The van der Waals surface area contributed by atoms with Gasteiger partial charge in [0.05, 0.1) is 11.8 Å². The number of carbonyl (C=O) groups is 1. The van der Waals surface area contributed by atoms with Gasteiger partial charge in [-0.2, -0.15) is 21.6 Å². The number of hydrogen-bond acceptors (Lipinski definition) is 5. The molecule has 0 aliphatic heterocycles. The minimum absolute atomic E-state index is 0.0167. The quantitative estimate of drug-likeness (QED) is 0.190. The van der Waals surface area contributed by atoms with Gasteiger partial charge in [0.25, 0.3) is 0 Å². The molecule has 3 aromatic carbocycles. The summed E-state index contributed by atoms with van der Waals surface area (Å²) >= 11 is 3.40. The van der Waals surface area contributed by atoms with Crippen molar-refractivity contribution in [1.29, 1.82) is 0 Å². The van der Waals surface area contributed by atoms with E-state index in [0.29, 0.717) is 29.4 Å². The zero-order chi connectivity index (χ0) is 30.8. The number of aliphatic hydroxyl groups excluding tert-OH is 1. The summed E-state index contributed by atoms with van der Waals surface area (Å²) in [6.45, 7) is 2.45. The van der Waals surface area contributed by atoms with Crippen molar-refractivity contribution >= 4 is 48.5 Å². The lowest BCUT2D eigenvalue weighted by atomic mass is 10.0. The highest BCUT2D eigenvalue weighted by molar-refractivity contribution is 9.10. The number of aromatic carboxylic acids is 1. The average Bonchev–Trinajstić information content (AvgIpc) is 3.28. The van der Waals surface area contributed by atoms with Gasteiger partial charge in [-0.25, -0.2) is 4.79 Å². The van der Waals surface area contributed by atoms with Gasteiger partial charge < -0.3 is 20.1 Å². The maximum absolute atomic E-state index is 12.9. The first-order valence-corrected chi connectivity index (χ1v) is 15.1. The summed E-state index contributed by atoms with van der Waals surface area (Å²) in [5.74, 6) is -1.14. The third-order valence-corrected chi connectivity index (χ3v) is 8.92. The number of nitrogens with one attached hydrogen (secondary N) is 1. The van der Waals surface area contributed by atoms with Crippen molar-refractivity contribution in [1.82, 2.24) is 9.88 Å². The summed E-state index contributed by atoms with van der Waals surface area (Å²) in [5.41, 5.74) is -2.60. The van der Waals surface area contributed by atoms with Crippen molar-refractivity contribution in [2.75, 3.05) is 17.9 Å². The molecule has 224 valence electrons. The first kappa shape index (κ1) is 31.5. The summed E-state index contributed by atoms with van der Waals surface area (Å²) < 4.78 is 64.8. The number of halogens is 4. The third kappa shape index (κ3) is 6.97. The van der Waals surface area contributed by atoms with Crippen molar-refractivity contribution in [2.45, 2.75) is 37.5 Å². The van der Waals surface area contributed by atoms with Crippen molar-refractivity contribution in [3.63, 3.8) is 0 Å². The number of aromatic nitrogens is 1. The minimum Gasteiger partial charge on any atom is -0.477 e. The molecule has 0 saturated heterocycles. The van der Waals surface area contributed by atoms with Crippen LogP contribution in [0.25, 0.3) is 10.9 Å². The normalized spacial score (nSPS) is 13.7. The van der Waals surface area contributed by atoms with E-state index >= 15 is 0 Å². The highest BCUT2D eigenvalue weighted by Crippen LogP contribution is 2.30. The highest BCUT2D eigenvalue weighted by Gasteiger charge is 2.49. The second-order valence-electron chi connectivity index (χ2n) is 9.98. The van der Waals surface area contributed by atoms with Gasteiger partial charge in [-0.1, -0.05) is 46.3 Å². The van der Waals surface area contributed by atoms with Crippen molar-refractivity contribution in [2.24, 2.45) is 0 Å². The Morgan fingerprint density at radius 1 is 1.05 bits per heavy atom. The van der Waals surface area contributed by atoms with Crippen LogP contribution in [0, 0.1) is 0 Å². The summed E-state index contributed by atoms with van der Waals surface area (Å²) in [5, 5.41) is 24.4. The average molecular weight is 669 g/mol. The van der Waals surface area contributed by atoms with E-state index in [2.05, 4.69) is 21.2 Å². The van der Waals surface area contributed by atoms with Gasteiger partial charge in [0.1, 0.15) is 5.69 Å². The molecule has 0 bridgehead atoms. The molecule has 4 aromatic rings. The van der Waals surface area contributed by atoms with Crippen LogP contribution in [0.5, 0.6) is 0 Å². The van der Waals surface area contributed by atoms with Gasteiger partial charge in [0.15, 0.2) is 0 Å². The van der Waals surface area contributed by atoms with Gasteiger partial charge in [-0.05, 0) is 72.5 Å². The largest absolute Gasteiger partial charge is 0.516 e. The number of benzene rings is 3. The van der Waals surface area contributed by atoms with E-state index in [-0.39, 0.29) is 28.3 Å². The molecule has 8 nitrogen and oxygen atoms in total. The number of hydrogen-bond donors (Lipinski definition) is 3. The molecule has 3 N–H and O–H groups in total. The van der Waals surface area contributed by atoms with Crippen LogP contribution in [0.2, 0.25) is 0 Å². The molecule has 0 aliphatic carbocycles. The van der Waals surface area contributed by atoms with Crippen LogP contribution in [0.4, 0.5) is 18.9 Å². The lowest BCUT2D eigenvalue weighted by Crippen LogP contribution is -2.38. The Morgan fingerprint density at radius 2 is 1.71 bits per heavy atom. The molecule has 0 spiro atoms. The Kier molecular flexibility index (Phi) is 9.36. The number of sulfonamides is 1. The molecule has 0 radical (unpaired) electrons. The lowest BCUT2D eigenvalue weighted by Gasteiger charge is -2.21. The number of fused-ring (bicyclic) bond motifs is 1. The number of aliphatic hydroxyl groups is 1. The molecule has 2 unspecified atom stereocenters. The highest BCUT2D eigenvalue weighted by atomic mass is 79.9. The number of alkyl halides is 3. The van der Waals surface area contributed by atoms with Crippen LogP contribution in [-0.2, 0) is 23.0 Å². The summed E-state index contributed by atoms with van der Waals surface area (Å²) in [6, 6.07) is 20.1. The molecule has 2 atom stereocenters. The van der Waals surface area contributed by atoms with E-state index < -0.39 is 27.6 Å². The fraction of sp³-hybridized carbons (Fsp3) is 0.276. The Hall–Kier alpha value is -3.39. The molecular formula is C29H29BrF3N3O5S. The van der Waals surface area contributed by atoms with Gasteiger partial charge >= 0.3 is 21.5 Å². The Balaban J connectivity index is 1.48. The molecule has 1 heterocycles. The number of carboxylic acids is 1. The van der Waals surface area contributed by atoms with Gasteiger partial charge in [0.2, 0.25) is 0 Å². The first-order chi connectivity index (χ1) is 19.7. The van der Waals surface area contributed by atoms with Crippen LogP contribution in [-0.4, -0.2) is 54.3 Å². The monoisotopic (exact) mass is 667 g/mol. The SMILES string of the molecule is CC(Cc1ccc2c(c1)cc(C(=O)O)n2Cc1ccc(N(C)S(=O)(=O)C(F)(F)F)cc1)NCC(O)c1cccc(Br)c1. The van der Waals surface area contributed by atoms with E-state index in [1.165, 1.54) is 24.3 Å². The van der Waals surface area contributed by atoms with Crippen molar-refractivity contribution in [3.8, 4) is 0 Å². The van der Waals surface area contributed by atoms with Crippen LogP contribution in [0.1, 0.15) is 40.2 Å². The number of rotatable bonds is 11. The molecule has 42 heavy (non-hydrogen) atoms. The fourth-order valence-corrected chi connectivity index (χ4v) is 5.78. The molecule has 0 saturated carbocycles. The maximum atomic E-state index is 12.9. The Bertz CT molecular complexity index is 1690. The Labute approximate surface area is 249 Å². The predicted octanol–water partition coefficient (Wildman–Crippen LogP) is 5.69. The zero-order valence-corrected chi connectivity index (χ0v) is 25.0. The zero-order valence-electron chi connectivity index (χ0n) is 22.6. The van der Waals surface area contributed by atoms with E-state index in [0.717, 1.165) is 22.6 Å². The second kappa shape index (κ2) is 12.5. The molecule has 0 aliphatic rings. The maximum Gasteiger partial charge on any atom is 0.516 e. The number of anilines is 1. The second-order valence-corrected chi connectivity index (χ2v) is 12.9. The fourth-order valence-electron chi connectivity index (χ4n) is 4.65. The van der Waals surface area contributed by atoms with Crippen LogP contribution in [0.15, 0.2) is 77.3 Å². The molecule has 4 rings (SSSR count). The van der Waals surface area contributed by atoms with Gasteiger partial charge in [-0.3, -0.25) is 4.31 Å². The van der Waals surface area contributed by atoms with Gasteiger partial charge in [0, 0.05) is 41.6 Å². The summed E-state index contributed by atoms with van der Waals surface area (Å²) in [6.07, 6.45) is -0.0482. The molecule has 1 aromatic heterocycles. The predicted molar refractivity (Wildman–Crippen MR) is 158 cm³/mol. The summed E-state index contributed by atoms with van der Waals surface area (Å²) in [4.78, 5) is 12.0.